The van der Waals surface area contributed by atoms with E-state index in [0.717, 1.165) is 32.4 Å². The van der Waals surface area contributed by atoms with Gasteiger partial charge < -0.3 is 4.90 Å². The number of thioether (sulfide) groups is 1. The Balaban J connectivity index is 1.90. The topological polar surface area (TPSA) is 55.2 Å². The van der Waals surface area contributed by atoms with Crippen LogP contribution in [-0.2, 0) is 11.3 Å². The van der Waals surface area contributed by atoms with Crippen LogP contribution in [0.25, 0.3) is 10.9 Å². The van der Waals surface area contributed by atoms with E-state index in [0.29, 0.717) is 39.3 Å². The SMILES string of the molecule is CC(C)CCn1c(SCC(=O)N2CCCC2)nc2cc(Cl)ccc2c1=O. The minimum atomic E-state index is -0.0663. The highest BCUT2D eigenvalue weighted by molar-refractivity contribution is 7.99. The molecule has 0 aliphatic carbocycles. The number of rotatable bonds is 6. The van der Waals surface area contributed by atoms with Gasteiger partial charge in [-0.05, 0) is 43.4 Å². The predicted octanol–water partition coefficient (Wildman–Crippen LogP) is 3.81. The zero-order valence-electron chi connectivity index (χ0n) is 15.2. The first-order valence-corrected chi connectivity index (χ1v) is 10.4. The van der Waals surface area contributed by atoms with Crippen LogP contribution in [-0.4, -0.2) is 39.2 Å². The van der Waals surface area contributed by atoms with Crippen LogP contribution in [0, 0.1) is 5.92 Å². The van der Waals surface area contributed by atoms with Gasteiger partial charge >= 0.3 is 0 Å². The van der Waals surface area contributed by atoms with Crippen molar-refractivity contribution in [3.05, 3.63) is 33.6 Å². The summed E-state index contributed by atoms with van der Waals surface area (Å²) in [5, 5.41) is 1.71. The van der Waals surface area contributed by atoms with Gasteiger partial charge in [-0.15, -0.1) is 0 Å². The zero-order chi connectivity index (χ0) is 18.7. The van der Waals surface area contributed by atoms with Crippen molar-refractivity contribution in [1.82, 2.24) is 14.5 Å². The Morgan fingerprint density at radius 1 is 1.31 bits per heavy atom. The molecule has 0 radical (unpaired) electrons. The maximum absolute atomic E-state index is 12.9. The lowest BCUT2D eigenvalue weighted by Crippen LogP contribution is -2.30. The molecule has 1 saturated heterocycles. The van der Waals surface area contributed by atoms with Crippen molar-refractivity contribution in [3.8, 4) is 0 Å². The molecule has 26 heavy (non-hydrogen) atoms. The van der Waals surface area contributed by atoms with Gasteiger partial charge in [0.05, 0.1) is 16.7 Å². The Labute approximate surface area is 162 Å². The second-order valence-electron chi connectivity index (χ2n) is 7.07. The van der Waals surface area contributed by atoms with E-state index in [1.165, 1.54) is 11.8 Å². The molecule has 0 unspecified atom stereocenters. The largest absolute Gasteiger partial charge is 0.342 e. The molecular weight excluding hydrogens is 370 g/mol. The number of carbonyl (C=O) groups is 1. The van der Waals surface area contributed by atoms with E-state index in [1.54, 1.807) is 22.8 Å². The van der Waals surface area contributed by atoms with E-state index >= 15 is 0 Å². The van der Waals surface area contributed by atoms with Crippen LogP contribution in [0.4, 0.5) is 0 Å². The highest BCUT2D eigenvalue weighted by atomic mass is 35.5. The summed E-state index contributed by atoms with van der Waals surface area (Å²) < 4.78 is 1.71. The van der Waals surface area contributed by atoms with E-state index < -0.39 is 0 Å². The highest BCUT2D eigenvalue weighted by Gasteiger charge is 2.19. The normalized spacial score (nSPS) is 14.5. The molecule has 5 nitrogen and oxygen atoms in total. The summed E-state index contributed by atoms with van der Waals surface area (Å²) in [6, 6.07) is 5.14. The molecule has 0 atom stereocenters. The number of carbonyl (C=O) groups excluding carboxylic acids is 1. The average Bonchev–Trinajstić information content (AvgIpc) is 3.13. The average molecular weight is 394 g/mol. The number of hydrogen-bond donors (Lipinski definition) is 0. The summed E-state index contributed by atoms with van der Waals surface area (Å²) in [4.78, 5) is 31.8. The number of fused-ring (bicyclic) bond motifs is 1. The van der Waals surface area contributed by atoms with E-state index in [4.69, 9.17) is 11.6 Å². The van der Waals surface area contributed by atoms with Gasteiger partial charge in [-0.2, -0.15) is 0 Å². The van der Waals surface area contributed by atoms with Crippen LogP contribution in [0.2, 0.25) is 5.02 Å². The molecule has 1 aliphatic heterocycles. The fraction of sp³-hybridized carbons (Fsp3) is 0.526. The minimum Gasteiger partial charge on any atom is -0.342 e. The van der Waals surface area contributed by atoms with Crippen molar-refractivity contribution in [2.75, 3.05) is 18.8 Å². The van der Waals surface area contributed by atoms with Gasteiger partial charge in [-0.25, -0.2) is 4.98 Å². The fourth-order valence-corrected chi connectivity index (χ4v) is 4.15. The van der Waals surface area contributed by atoms with Gasteiger partial charge in [-0.3, -0.25) is 14.2 Å². The summed E-state index contributed by atoms with van der Waals surface area (Å²) in [6.45, 7) is 6.52. The van der Waals surface area contributed by atoms with Crippen molar-refractivity contribution >= 4 is 40.2 Å². The lowest BCUT2D eigenvalue weighted by molar-refractivity contribution is -0.127. The molecule has 0 saturated carbocycles. The Hall–Kier alpha value is -1.53. The van der Waals surface area contributed by atoms with Crippen molar-refractivity contribution < 1.29 is 4.79 Å². The molecule has 0 N–H and O–H groups in total. The molecule has 0 spiro atoms. The Bertz CT molecular complexity index is 860. The van der Waals surface area contributed by atoms with Gasteiger partial charge in [0.2, 0.25) is 5.91 Å². The summed E-state index contributed by atoms with van der Waals surface area (Å²) in [7, 11) is 0. The molecular formula is C19H24ClN3O2S. The molecule has 140 valence electrons. The van der Waals surface area contributed by atoms with Crippen molar-refractivity contribution in [2.45, 2.75) is 44.8 Å². The first-order valence-electron chi connectivity index (χ1n) is 9.06. The van der Waals surface area contributed by atoms with Crippen LogP contribution in [0.1, 0.15) is 33.1 Å². The van der Waals surface area contributed by atoms with Gasteiger partial charge in [0.15, 0.2) is 5.16 Å². The maximum atomic E-state index is 12.9. The third kappa shape index (κ3) is 4.41. The molecule has 1 amide bonds. The number of halogens is 1. The lowest BCUT2D eigenvalue weighted by atomic mass is 10.1. The van der Waals surface area contributed by atoms with Gasteiger partial charge in [0, 0.05) is 24.7 Å². The monoisotopic (exact) mass is 393 g/mol. The van der Waals surface area contributed by atoms with Crippen LogP contribution in [0.5, 0.6) is 0 Å². The first kappa shape index (κ1) is 19.2. The Morgan fingerprint density at radius 3 is 2.73 bits per heavy atom. The second-order valence-corrected chi connectivity index (χ2v) is 8.45. The van der Waals surface area contributed by atoms with Crippen LogP contribution < -0.4 is 5.56 Å². The summed E-state index contributed by atoms with van der Waals surface area (Å²) in [6.07, 6.45) is 3.03. The molecule has 2 heterocycles. The highest BCUT2D eigenvalue weighted by Crippen LogP contribution is 2.22. The fourth-order valence-electron chi connectivity index (χ4n) is 3.05. The molecule has 1 fully saturated rings. The number of nitrogens with zero attached hydrogens (tertiary/aromatic N) is 3. The minimum absolute atomic E-state index is 0.0663. The van der Waals surface area contributed by atoms with Gasteiger partial charge in [-0.1, -0.05) is 37.2 Å². The maximum Gasteiger partial charge on any atom is 0.262 e. The van der Waals surface area contributed by atoms with Crippen LogP contribution in [0.15, 0.2) is 28.2 Å². The standard InChI is InChI=1S/C19H24ClN3O2S/c1-13(2)7-10-23-18(25)15-6-5-14(20)11-16(15)21-19(23)26-12-17(24)22-8-3-4-9-22/h5-6,11,13H,3-4,7-10,12H2,1-2H3. The number of hydrogen-bond acceptors (Lipinski definition) is 4. The third-order valence-corrected chi connectivity index (χ3v) is 5.79. The van der Waals surface area contributed by atoms with E-state index in [1.807, 2.05) is 4.90 Å². The van der Waals surface area contributed by atoms with Crippen LogP contribution >= 0.6 is 23.4 Å². The smallest absolute Gasteiger partial charge is 0.262 e. The first-order chi connectivity index (χ1) is 12.5. The van der Waals surface area contributed by atoms with Gasteiger partial charge in [0.25, 0.3) is 5.56 Å². The second kappa shape index (κ2) is 8.44. The van der Waals surface area contributed by atoms with Crippen molar-refractivity contribution in [2.24, 2.45) is 5.92 Å². The number of likely N-dealkylation sites (tertiary alicyclic amines) is 1. The molecule has 2 aromatic rings. The van der Waals surface area contributed by atoms with Crippen LogP contribution in [0.3, 0.4) is 0 Å². The summed E-state index contributed by atoms with van der Waals surface area (Å²) in [5.41, 5.74) is 0.517. The Kier molecular flexibility index (Phi) is 6.24. The summed E-state index contributed by atoms with van der Waals surface area (Å²) in [5.74, 6) is 0.899. The quantitative estimate of drug-likeness (QED) is 0.553. The number of amides is 1. The Morgan fingerprint density at radius 2 is 2.04 bits per heavy atom. The number of aromatic nitrogens is 2. The predicted molar refractivity (Wildman–Crippen MR) is 107 cm³/mol. The summed E-state index contributed by atoms with van der Waals surface area (Å²) >= 11 is 7.41. The van der Waals surface area contributed by atoms with Gasteiger partial charge in [0.1, 0.15) is 0 Å². The van der Waals surface area contributed by atoms with E-state index in [-0.39, 0.29) is 11.5 Å². The zero-order valence-corrected chi connectivity index (χ0v) is 16.8. The third-order valence-electron chi connectivity index (χ3n) is 4.60. The molecule has 0 bridgehead atoms. The molecule has 7 heteroatoms. The van der Waals surface area contributed by atoms with Crippen molar-refractivity contribution in [3.63, 3.8) is 0 Å². The van der Waals surface area contributed by atoms with E-state index in [2.05, 4.69) is 18.8 Å². The van der Waals surface area contributed by atoms with Crippen molar-refractivity contribution in [1.29, 1.82) is 0 Å². The molecule has 1 aromatic heterocycles. The molecule has 3 rings (SSSR count). The lowest BCUT2D eigenvalue weighted by Gasteiger charge is -2.17. The molecule has 1 aromatic carbocycles. The van der Waals surface area contributed by atoms with E-state index in [9.17, 15) is 9.59 Å². The number of benzene rings is 1. The molecule has 1 aliphatic rings.